The van der Waals surface area contributed by atoms with Gasteiger partial charge in [-0.25, -0.2) is 9.59 Å². The highest BCUT2D eigenvalue weighted by Gasteiger charge is 2.13. The maximum atomic E-state index is 11.8. The van der Waals surface area contributed by atoms with Crippen LogP contribution < -0.4 is 15.4 Å². The molecular formula is C17H19BrN2O5. The number of hydrogen-bond acceptors (Lipinski definition) is 5. The van der Waals surface area contributed by atoms with Gasteiger partial charge in [0.1, 0.15) is 24.7 Å². The molecule has 0 atom stereocenters. The predicted molar refractivity (Wildman–Crippen MR) is 94.5 cm³/mol. The van der Waals surface area contributed by atoms with Gasteiger partial charge in [0.05, 0.1) is 6.54 Å². The summed E-state index contributed by atoms with van der Waals surface area (Å²) in [6.07, 6.45) is 0. The second kappa shape index (κ2) is 9.73. The van der Waals surface area contributed by atoms with E-state index in [1.54, 1.807) is 6.07 Å². The second-order valence-corrected chi connectivity index (χ2v) is 5.85. The summed E-state index contributed by atoms with van der Waals surface area (Å²) in [5, 5.41) is 5.13. The number of urea groups is 1. The van der Waals surface area contributed by atoms with E-state index >= 15 is 0 Å². The van der Waals surface area contributed by atoms with Crippen LogP contribution in [0.15, 0.2) is 45.3 Å². The molecule has 134 valence electrons. The summed E-state index contributed by atoms with van der Waals surface area (Å²) in [5.41, 5.74) is 0. The van der Waals surface area contributed by atoms with Gasteiger partial charge in [0.2, 0.25) is 5.76 Å². The highest BCUT2D eigenvalue weighted by atomic mass is 79.9. The van der Waals surface area contributed by atoms with Crippen molar-refractivity contribution in [2.75, 3.05) is 19.7 Å². The molecule has 1 aromatic carbocycles. The highest BCUT2D eigenvalue weighted by molar-refractivity contribution is 9.10. The zero-order chi connectivity index (χ0) is 18.1. The first-order valence-electron chi connectivity index (χ1n) is 7.74. The number of esters is 1. The molecule has 0 saturated heterocycles. The fraction of sp³-hybridized carbons (Fsp3) is 0.294. The van der Waals surface area contributed by atoms with Crippen LogP contribution >= 0.6 is 15.9 Å². The van der Waals surface area contributed by atoms with Gasteiger partial charge in [-0.1, -0.05) is 15.9 Å². The smallest absolute Gasteiger partial charge is 0.374 e. The minimum atomic E-state index is -0.590. The number of nitrogens with one attached hydrogen (secondary N) is 2. The van der Waals surface area contributed by atoms with Crippen LogP contribution in [-0.4, -0.2) is 31.7 Å². The van der Waals surface area contributed by atoms with Crippen LogP contribution in [0.5, 0.6) is 5.75 Å². The summed E-state index contributed by atoms with van der Waals surface area (Å²) in [7, 11) is 0. The van der Waals surface area contributed by atoms with Gasteiger partial charge >= 0.3 is 12.0 Å². The minimum Gasteiger partial charge on any atom is -0.486 e. The van der Waals surface area contributed by atoms with Crippen LogP contribution in [0.1, 0.15) is 23.2 Å². The maximum absolute atomic E-state index is 11.8. The van der Waals surface area contributed by atoms with E-state index in [1.165, 1.54) is 6.07 Å². The molecule has 8 heteroatoms. The largest absolute Gasteiger partial charge is 0.486 e. The van der Waals surface area contributed by atoms with E-state index in [2.05, 4.69) is 26.6 Å². The zero-order valence-electron chi connectivity index (χ0n) is 13.7. The number of carbonyl (C=O) groups is 2. The third-order valence-corrected chi connectivity index (χ3v) is 3.54. The molecule has 25 heavy (non-hydrogen) atoms. The normalized spacial score (nSPS) is 10.2. The lowest BCUT2D eigenvalue weighted by molar-refractivity contribution is 0.0470. The first-order chi connectivity index (χ1) is 12.1. The highest BCUT2D eigenvalue weighted by Crippen LogP contribution is 2.18. The molecule has 0 saturated carbocycles. The van der Waals surface area contributed by atoms with Crippen molar-refractivity contribution in [2.24, 2.45) is 0 Å². The average molecular weight is 411 g/mol. The van der Waals surface area contributed by atoms with Crippen molar-refractivity contribution < 1.29 is 23.5 Å². The lowest BCUT2D eigenvalue weighted by Crippen LogP contribution is -2.37. The standard InChI is InChI=1S/C17H19BrN2O5/c1-2-19-17(22)20-9-10-23-16(21)15-8-7-14(25-15)11-24-13-5-3-12(18)4-6-13/h3-8H,2,9-11H2,1H3,(H2,19,20,22). The van der Waals surface area contributed by atoms with E-state index in [9.17, 15) is 9.59 Å². The van der Waals surface area contributed by atoms with E-state index in [-0.39, 0.29) is 31.5 Å². The van der Waals surface area contributed by atoms with Gasteiger partial charge in [-0.3, -0.25) is 0 Å². The van der Waals surface area contributed by atoms with Gasteiger partial charge in [-0.05, 0) is 43.3 Å². The van der Waals surface area contributed by atoms with Crippen LogP contribution in [0.4, 0.5) is 4.79 Å². The molecular weight excluding hydrogens is 392 g/mol. The van der Waals surface area contributed by atoms with Crippen LogP contribution in [0, 0.1) is 0 Å². The predicted octanol–water partition coefficient (Wildman–Crippen LogP) is 3.10. The summed E-state index contributed by atoms with van der Waals surface area (Å²) >= 11 is 3.35. The van der Waals surface area contributed by atoms with Crippen molar-refractivity contribution in [3.63, 3.8) is 0 Å². The third kappa shape index (κ3) is 6.50. The molecule has 0 aliphatic carbocycles. The summed E-state index contributed by atoms with van der Waals surface area (Å²) in [4.78, 5) is 23.0. The summed E-state index contributed by atoms with van der Waals surface area (Å²) in [6, 6.07) is 10.3. The molecule has 2 N–H and O–H groups in total. The molecule has 0 aliphatic rings. The number of rotatable bonds is 8. The number of benzene rings is 1. The van der Waals surface area contributed by atoms with Crippen molar-refractivity contribution in [1.82, 2.24) is 10.6 Å². The Hall–Kier alpha value is -2.48. The zero-order valence-corrected chi connectivity index (χ0v) is 15.3. The molecule has 0 aliphatic heterocycles. The van der Waals surface area contributed by atoms with E-state index < -0.39 is 5.97 Å². The first-order valence-corrected chi connectivity index (χ1v) is 8.53. The number of hydrogen-bond donors (Lipinski definition) is 2. The average Bonchev–Trinajstić information content (AvgIpc) is 3.07. The van der Waals surface area contributed by atoms with Gasteiger partial charge in [-0.2, -0.15) is 0 Å². The fourth-order valence-electron chi connectivity index (χ4n) is 1.85. The SMILES string of the molecule is CCNC(=O)NCCOC(=O)c1ccc(COc2ccc(Br)cc2)o1. The summed E-state index contributed by atoms with van der Waals surface area (Å²) in [6.45, 7) is 2.82. The lowest BCUT2D eigenvalue weighted by atomic mass is 10.3. The molecule has 7 nitrogen and oxygen atoms in total. The Morgan fingerprint density at radius 1 is 1.12 bits per heavy atom. The van der Waals surface area contributed by atoms with Crippen LogP contribution in [0.2, 0.25) is 0 Å². The second-order valence-electron chi connectivity index (χ2n) is 4.93. The van der Waals surface area contributed by atoms with Crippen LogP contribution in [0.3, 0.4) is 0 Å². The number of amides is 2. The number of carbonyl (C=O) groups excluding carboxylic acids is 2. The van der Waals surface area contributed by atoms with E-state index in [1.807, 2.05) is 31.2 Å². The van der Waals surface area contributed by atoms with E-state index in [0.717, 1.165) is 4.47 Å². The Bertz CT molecular complexity index is 699. The molecule has 2 rings (SSSR count). The molecule has 0 unspecified atom stereocenters. The topological polar surface area (TPSA) is 89.8 Å². The van der Waals surface area contributed by atoms with E-state index in [0.29, 0.717) is 18.1 Å². The Kier molecular flexibility index (Phi) is 7.34. The van der Waals surface area contributed by atoms with Gasteiger partial charge in [0, 0.05) is 11.0 Å². The number of ether oxygens (including phenoxy) is 2. The molecule has 2 amide bonds. The molecule has 0 spiro atoms. The van der Waals surface area contributed by atoms with Crippen molar-refractivity contribution in [2.45, 2.75) is 13.5 Å². The van der Waals surface area contributed by atoms with E-state index in [4.69, 9.17) is 13.9 Å². The van der Waals surface area contributed by atoms with Crippen LogP contribution in [0.25, 0.3) is 0 Å². The lowest BCUT2D eigenvalue weighted by Gasteiger charge is -2.06. The number of furan rings is 1. The van der Waals surface area contributed by atoms with Gasteiger partial charge in [-0.15, -0.1) is 0 Å². The molecule has 0 fully saturated rings. The monoisotopic (exact) mass is 410 g/mol. The molecule has 2 aromatic rings. The first kappa shape index (κ1) is 18.9. The maximum Gasteiger partial charge on any atom is 0.374 e. The van der Waals surface area contributed by atoms with Crippen molar-refractivity contribution in [1.29, 1.82) is 0 Å². The Morgan fingerprint density at radius 3 is 2.60 bits per heavy atom. The third-order valence-electron chi connectivity index (χ3n) is 3.02. The Morgan fingerprint density at radius 2 is 1.88 bits per heavy atom. The molecule has 1 aromatic heterocycles. The van der Waals surface area contributed by atoms with Crippen LogP contribution in [-0.2, 0) is 11.3 Å². The summed E-state index contributed by atoms with van der Waals surface area (Å²) < 4.78 is 17.0. The molecule has 1 heterocycles. The van der Waals surface area contributed by atoms with Crippen molar-refractivity contribution >= 4 is 27.9 Å². The van der Waals surface area contributed by atoms with Gasteiger partial charge in [0.25, 0.3) is 0 Å². The Labute approximate surface area is 153 Å². The molecule has 0 radical (unpaired) electrons. The Balaban J connectivity index is 1.73. The fourth-order valence-corrected chi connectivity index (χ4v) is 2.12. The summed E-state index contributed by atoms with van der Waals surface area (Å²) in [5.74, 6) is 0.704. The van der Waals surface area contributed by atoms with Gasteiger partial charge in [0.15, 0.2) is 0 Å². The molecule has 0 bridgehead atoms. The quantitative estimate of drug-likeness (QED) is 0.515. The van der Waals surface area contributed by atoms with Crippen molar-refractivity contribution in [3.05, 3.63) is 52.4 Å². The van der Waals surface area contributed by atoms with Gasteiger partial charge < -0.3 is 24.5 Å². The number of halogens is 1. The minimum absolute atomic E-state index is 0.0569. The van der Waals surface area contributed by atoms with Crippen molar-refractivity contribution in [3.8, 4) is 5.75 Å².